The van der Waals surface area contributed by atoms with Crippen LogP contribution in [0, 0.1) is 17.8 Å². The molecule has 78 valence electrons. The molecule has 0 aliphatic heterocycles. The molecule has 0 aromatic carbocycles. The maximum absolute atomic E-state index is 14.2. The van der Waals surface area contributed by atoms with Crippen LogP contribution < -0.4 is 0 Å². The topological polar surface area (TPSA) is 21.6 Å². The lowest BCUT2D eigenvalue weighted by atomic mass is 9.54. The van der Waals surface area contributed by atoms with Crippen molar-refractivity contribution in [2.75, 3.05) is 7.11 Å². The van der Waals surface area contributed by atoms with Crippen molar-refractivity contribution in [1.29, 1.82) is 0 Å². The lowest BCUT2D eigenvalue weighted by Crippen LogP contribution is -2.53. The molecular formula is C11H16FNO. The van der Waals surface area contributed by atoms with Crippen LogP contribution in [0.2, 0.25) is 0 Å². The van der Waals surface area contributed by atoms with Crippen molar-refractivity contribution in [2.45, 2.75) is 37.8 Å². The van der Waals surface area contributed by atoms with Crippen LogP contribution in [0.3, 0.4) is 0 Å². The van der Waals surface area contributed by atoms with E-state index in [1.165, 1.54) is 0 Å². The summed E-state index contributed by atoms with van der Waals surface area (Å²) in [5, 5.41) is 4.10. The number of oxime groups is 1. The fraction of sp³-hybridized carbons (Fsp3) is 0.909. The van der Waals surface area contributed by atoms with Gasteiger partial charge in [-0.25, -0.2) is 4.39 Å². The zero-order chi connectivity index (χ0) is 9.76. The van der Waals surface area contributed by atoms with Gasteiger partial charge in [0.05, 0.1) is 5.71 Å². The Labute approximate surface area is 83.5 Å². The Bertz CT molecular complexity index is 271. The Morgan fingerprint density at radius 2 is 1.93 bits per heavy atom. The Morgan fingerprint density at radius 1 is 1.29 bits per heavy atom. The smallest absolute Gasteiger partial charge is 0.112 e. The average Bonchev–Trinajstić information content (AvgIpc) is 2.08. The van der Waals surface area contributed by atoms with E-state index >= 15 is 0 Å². The number of nitrogens with zero attached hydrogens (tertiary/aromatic N) is 1. The lowest BCUT2D eigenvalue weighted by molar-refractivity contribution is -0.0195. The van der Waals surface area contributed by atoms with Gasteiger partial charge in [0, 0.05) is 11.8 Å². The molecule has 3 heteroatoms. The number of rotatable bonds is 1. The predicted molar refractivity (Wildman–Crippen MR) is 51.8 cm³/mol. The largest absolute Gasteiger partial charge is 0.399 e. The molecule has 0 heterocycles. The minimum atomic E-state index is -0.858. The van der Waals surface area contributed by atoms with E-state index in [0.29, 0.717) is 30.6 Å². The van der Waals surface area contributed by atoms with Gasteiger partial charge in [0.2, 0.25) is 0 Å². The molecule has 4 aliphatic carbocycles. The summed E-state index contributed by atoms with van der Waals surface area (Å²) in [6, 6.07) is 0. The van der Waals surface area contributed by atoms with Crippen molar-refractivity contribution < 1.29 is 9.23 Å². The molecule has 4 bridgehead atoms. The Morgan fingerprint density at radius 3 is 2.43 bits per heavy atom. The summed E-state index contributed by atoms with van der Waals surface area (Å²) >= 11 is 0. The van der Waals surface area contributed by atoms with E-state index in [1.807, 2.05) is 0 Å². The van der Waals surface area contributed by atoms with Gasteiger partial charge in [0.1, 0.15) is 12.8 Å². The quantitative estimate of drug-likeness (QED) is 0.592. The van der Waals surface area contributed by atoms with Gasteiger partial charge in [-0.2, -0.15) is 0 Å². The molecule has 14 heavy (non-hydrogen) atoms. The molecule has 4 rings (SSSR count). The molecule has 0 radical (unpaired) electrons. The van der Waals surface area contributed by atoms with E-state index in [9.17, 15) is 4.39 Å². The van der Waals surface area contributed by atoms with Crippen molar-refractivity contribution >= 4 is 5.71 Å². The fourth-order valence-electron chi connectivity index (χ4n) is 3.92. The molecule has 0 amide bonds. The summed E-state index contributed by atoms with van der Waals surface area (Å²) in [7, 11) is 1.59. The Balaban J connectivity index is 1.93. The lowest BCUT2D eigenvalue weighted by Gasteiger charge is -2.52. The van der Waals surface area contributed by atoms with E-state index in [-0.39, 0.29) is 0 Å². The highest BCUT2D eigenvalue weighted by Gasteiger charge is 2.54. The van der Waals surface area contributed by atoms with E-state index in [1.54, 1.807) is 7.11 Å². The zero-order valence-electron chi connectivity index (χ0n) is 8.50. The van der Waals surface area contributed by atoms with Crippen LogP contribution in [0.1, 0.15) is 32.1 Å². The summed E-state index contributed by atoms with van der Waals surface area (Å²) in [5.74, 6) is 1.38. The van der Waals surface area contributed by atoms with Gasteiger partial charge < -0.3 is 4.84 Å². The highest BCUT2D eigenvalue weighted by Crippen LogP contribution is 2.56. The summed E-state index contributed by atoms with van der Waals surface area (Å²) in [4.78, 5) is 4.87. The Kier molecular flexibility index (Phi) is 1.68. The van der Waals surface area contributed by atoms with Crippen molar-refractivity contribution in [3.63, 3.8) is 0 Å². The molecule has 0 spiro atoms. The third kappa shape index (κ3) is 1.11. The van der Waals surface area contributed by atoms with Crippen LogP contribution in [0.5, 0.6) is 0 Å². The molecule has 2 unspecified atom stereocenters. The van der Waals surface area contributed by atoms with E-state index in [0.717, 1.165) is 25.0 Å². The predicted octanol–water partition coefficient (Wildman–Crippen LogP) is 2.54. The monoisotopic (exact) mass is 197 g/mol. The van der Waals surface area contributed by atoms with Crippen molar-refractivity contribution in [2.24, 2.45) is 22.9 Å². The van der Waals surface area contributed by atoms with Gasteiger partial charge in [-0.05, 0) is 38.0 Å². The first kappa shape index (κ1) is 8.69. The van der Waals surface area contributed by atoms with Crippen LogP contribution in [0.25, 0.3) is 0 Å². The second-order valence-electron chi connectivity index (χ2n) is 5.19. The normalized spacial score (nSPS) is 49.6. The van der Waals surface area contributed by atoms with Gasteiger partial charge >= 0.3 is 0 Å². The second kappa shape index (κ2) is 2.71. The molecule has 2 nitrogen and oxygen atoms in total. The average molecular weight is 197 g/mol. The summed E-state index contributed by atoms with van der Waals surface area (Å²) in [6.45, 7) is 0. The minimum absolute atomic E-state index is 0.381. The van der Waals surface area contributed by atoms with Gasteiger partial charge in [-0.1, -0.05) is 5.16 Å². The second-order valence-corrected chi connectivity index (χ2v) is 5.19. The van der Waals surface area contributed by atoms with Crippen LogP contribution >= 0.6 is 0 Å². The zero-order valence-corrected chi connectivity index (χ0v) is 8.50. The first-order chi connectivity index (χ1) is 6.70. The summed E-state index contributed by atoms with van der Waals surface area (Å²) in [5.41, 5.74) is 0.292. The van der Waals surface area contributed by atoms with Crippen LogP contribution in [0.4, 0.5) is 4.39 Å². The van der Waals surface area contributed by atoms with Gasteiger partial charge in [-0.3, -0.25) is 0 Å². The third-order valence-electron chi connectivity index (χ3n) is 4.15. The van der Waals surface area contributed by atoms with E-state index in [4.69, 9.17) is 4.84 Å². The minimum Gasteiger partial charge on any atom is -0.399 e. The highest BCUT2D eigenvalue weighted by molar-refractivity contribution is 5.90. The summed E-state index contributed by atoms with van der Waals surface area (Å²) in [6.07, 6.45) is 4.49. The van der Waals surface area contributed by atoms with Gasteiger partial charge in [0.25, 0.3) is 0 Å². The van der Waals surface area contributed by atoms with Crippen LogP contribution in [0.15, 0.2) is 5.16 Å². The van der Waals surface area contributed by atoms with Gasteiger partial charge in [-0.15, -0.1) is 0 Å². The molecule has 2 atom stereocenters. The van der Waals surface area contributed by atoms with Crippen molar-refractivity contribution in [1.82, 2.24) is 0 Å². The SMILES string of the molecule is CON=C1C2CC3CC1CC(F)(C3)C2. The van der Waals surface area contributed by atoms with Gasteiger partial charge in [0.15, 0.2) is 0 Å². The molecule has 0 saturated heterocycles. The van der Waals surface area contributed by atoms with E-state index in [2.05, 4.69) is 5.16 Å². The molecule has 0 N–H and O–H groups in total. The van der Waals surface area contributed by atoms with Crippen LogP contribution in [-0.2, 0) is 4.84 Å². The molecule has 4 fully saturated rings. The van der Waals surface area contributed by atoms with Crippen molar-refractivity contribution in [3.05, 3.63) is 0 Å². The standard InChI is InChI=1S/C11H16FNO/c1-14-13-10-8-2-7-3-9(10)6-11(12,4-7)5-8/h7-9H,2-6H2,1H3. The maximum atomic E-state index is 14.2. The van der Waals surface area contributed by atoms with E-state index < -0.39 is 5.67 Å². The third-order valence-corrected chi connectivity index (χ3v) is 4.15. The highest BCUT2D eigenvalue weighted by atomic mass is 19.1. The molecule has 0 aromatic rings. The first-order valence-electron chi connectivity index (χ1n) is 5.50. The Hall–Kier alpha value is -0.600. The molecule has 4 saturated carbocycles. The molecule has 0 aromatic heterocycles. The molecular weight excluding hydrogens is 181 g/mol. The number of halogens is 1. The first-order valence-corrected chi connectivity index (χ1v) is 5.50. The number of alkyl halides is 1. The maximum Gasteiger partial charge on any atom is 0.112 e. The van der Waals surface area contributed by atoms with Crippen LogP contribution in [-0.4, -0.2) is 18.5 Å². The molecule has 4 aliphatic rings. The fourth-order valence-corrected chi connectivity index (χ4v) is 3.92. The summed E-state index contributed by atoms with van der Waals surface area (Å²) < 4.78 is 14.2. The number of hydrogen-bond acceptors (Lipinski definition) is 2. The van der Waals surface area contributed by atoms with Crippen molar-refractivity contribution in [3.8, 4) is 0 Å². The number of hydrogen-bond donors (Lipinski definition) is 0.